The monoisotopic (exact) mass is 279 g/mol. The van der Waals surface area contributed by atoms with Crippen molar-refractivity contribution in [2.45, 2.75) is 12.5 Å². The third-order valence-corrected chi connectivity index (χ3v) is 3.53. The van der Waals surface area contributed by atoms with Crippen LogP contribution in [0.1, 0.15) is 17.3 Å². The Morgan fingerprint density at radius 3 is 2.71 bits per heavy atom. The number of nitrogens with one attached hydrogen (secondary N) is 1. The maximum absolute atomic E-state index is 5.89. The van der Waals surface area contributed by atoms with Crippen molar-refractivity contribution >= 4 is 16.7 Å². The second-order valence-corrected chi connectivity index (χ2v) is 4.90. The van der Waals surface area contributed by atoms with E-state index >= 15 is 0 Å². The molecule has 0 radical (unpaired) electrons. The minimum Gasteiger partial charge on any atom is -0.383 e. The van der Waals surface area contributed by atoms with Crippen molar-refractivity contribution in [3.8, 4) is 0 Å². The molecule has 5 nitrogen and oxygen atoms in total. The Balaban J connectivity index is 1.93. The highest BCUT2D eigenvalue weighted by molar-refractivity contribution is 5.78. The molecule has 21 heavy (non-hydrogen) atoms. The summed E-state index contributed by atoms with van der Waals surface area (Å²) in [6.45, 7) is 0. The van der Waals surface area contributed by atoms with Crippen molar-refractivity contribution < 1.29 is 0 Å². The van der Waals surface area contributed by atoms with Crippen LogP contribution in [0.3, 0.4) is 0 Å². The molecule has 0 amide bonds. The number of pyridine rings is 2. The van der Waals surface area contributed by atoms with E-state index in [0.29, 0.717) is 12.2 Å². The normalized spacial score (nSPS) is 12.4. The zero-order valence-electron chi connectivity index (χ0n) is 11.5. The van der Waals surface area contributed by atoms with Crippen LogP contribution < -0.4 is 17.0 Å². The summed E-state index contributed by atoms with van der Waals surface area (Å²) in [6.07, 6.45) is 2.32. The average Bonchev–Trinajstić information content (AvgIpc) is 2.54. The first-order valence-electron chi connectivity index (χ1n) is 6.79. The van der Waals surface area contributed by atoms with Gasteiger partial charge in [0.15, 0.2) is 0 Å². The van der Waals surface area contributed by atoms with E-state index in [9.17, 15) is 0 Å². The molecule has 0 spiro atoms. The van der Waals surface area contributed by atoms with E-state index in [0.717, 1.165) is 22.2 Å². The molecule has 0 fully saturated rings. The lowest BCUT2D eigenvalue weighted by molar-refractivity contribution is 0.540. The topological polar surface area (TPSA) is 89.8 Å². The van der Waals surface area contributed by atoms with E-state index in [-0.39, 0.29) is 6.04 Å². The van der Waals surface area contributed by atoms with Gasteiger partial charge < -0.3 is 5.73 Å². The summed E-state index contributed by atoms with van der Waals surface area (Å²) in [6, 6.07) is 15.7. The molecule has 2 heterocycles. The molecule has 0 saturated heterocycles. The lowest BCUT2D eigenvalue weighted by Gasteiger charge is -2.16. The molecule has 0 saturated carbocycles. The van der Waals surface area contributed by atoms with Crippen LogP contribution in [-0.4, -0.2) is 9.97 Å². The third-order valence-electron chi connectivity index (χ3n) is 3.53. The largest absolute Gasteiger partial charge is 0.383 e. The predicted molar refractivity (Wildman–Crippen MR) is 84.2 cm³/mol. The Labute approximate surface area is 123 Å². The lowest BCUT2D eigenvalue weighted by Crippen LogP contribution is -2.30. The van der Waals surface area contributed by atoms with Gasteiger partial charge in [-0.25, -0.2) is 4.98 Å². The van der Waals surface area contributed by atoms with Crippen LogP contribution in [0.2, 0.25) is 0 Å². The van der Waals surface area contributed by atoms with Crippen molar-refractivity contribution in [2.75, 3.05) is 5.73 Å². The number of hydrogen-bond donors (Lipinski definition) is 3. The highest BCUT2D eigenvalue weighted by Gasteiger charge is 2.14. The second-order valence-electron chi connectivity index (χ2n) is 4.90. The molecule has 5 N–H and O–H groups in total. The third kappa shape index (κ3) is 2.84. The summed E-state index contributed by atoms with van der Waals surface area (Å²) in [5, 5.41) is 1.11. The molecule has 106 valence electrons. The molecule has 0 aliphatic heterocycles. The van der Waals surface area contributed by atoms with Gasteiger partial charge in [-0.05, 0) is 30.2 Å². The Morgan fingerprint density at radius 2 is 1.90 bits per heavy atom. The molecule has 0 bridgehead atoms. The van der Waals surface area contributed by atoms with Crippen LogP contribution in [0.15, 0.2) is 54.7 Å². The van der Waals surface area contributed by atoms with Crippen molar-refractivity contribution in [1.82, 2.24) is 15.4 Å². The van der Waals surface area contributed by atoms with E-state index < -0.39 is 0 Å². The first-order chi connectivity index (χ1) is 10.3. The number of rotatable bonds is 4. The van der Waals surface area contributed by atoms with Crippen molar-refractivity contribution in [2.24, 2.45) is 5.84 Å². The number of para-hydroxylation sites is 1. The Kier molecular flexibility index (Phi) is 3.77. The van der Waals surface area contributed by atoms with Crippen LogP contribution in [0.25, 0.3) is 10.9 Å². The minimum atomic E-state index is -0.110. The van der Waals surface area contributed by atoms with Gasteiger partial charge in [-0.2, -0.15) is 0 Å². The van der Waals surface area contributed by atoms with E-state index in [2.05, 4.69) is 21.5 Å². The van der Waals surface area contributed by atoms with Gasteiger partial charge >= 0.3 is 0 Å². The van der Waals surface area contributed by atoms with Crippen molar-refractivity contribution in [3.05, 3.63) is 66.0 Å². The molecule has 1 aromatic carbocycles. The van der Waals surface area contributed by atoms with E-state index in [4.69, 9.17) is 11.6 Å². The zero-order chi connectivity index (χ0) is 14.7. The molecule has 1 atom stereocenters. The van der Waals surface area contributed by atoms with Crippen LogP contribution in [0.4, 0.5) is 5.82 Å². The van der Waals surface area contributed by atoms with Crippen LogP contribution in [0, 0.1) is 0 Å². The number of hydrogen-bond acceptors (Lipinski definition) is 5. The van der Waals surface area contributed by atoms with Gasteiger partial charge in [-0.15, -0.1) is 0 Å². The zero-order valence-corrected chi connectivity index (χ0v) is 11.5. The number of fused-ring (bicyclic) bond motifs is 1. The van der Waals surface area contributed by atoms with Crippen LogP contribution in [-0.2, 0) is 6.42 Å². The van der Waals surface area contributed by atoms with E-state index in [1.807, 2.05) is 42.5 Å². The molecule has 5 heteroatoms. The van der Waals surface area contributed by atoms with Gasteiger partial charge in [-0.3, -0.25) is 16.3 Å². The van der Waals surface area contributed by atoms with Gasteiger partial charge in [0.1, 0.15) is 5.82 Å². The SMILES string of the molecule is NNC(Cc1cccnc1N)c1ccc2ccccc2n1. The quantitative estimate of drug-likeness (QED) is 0.502. The average molecular weight is 279 g/mol. The molecular weight excluding hydrogens is 262 g/mol. The lowest BCUT2D eigenvalue weighted by atomic mass is 10.0. The molecule has 2 aromatic heterocycles. The van der Waals surface area contributed by atoms with Crippen molar-refractivity contribution in [1.29, 1.82) is 0 Å². The number of nitrogens with zero attached hydrogens (tertiary/aromatic N) is 2. The summed E-state index contributed by atoms with van der Waals surface area (Å²) in [5.41, 5.74) is 11.5. The fourth-order valence-corrected chi connectivity index (χ4v) is 2.37. The summed E-state index contributed by atoms with van der Waals surface area (Å²) in [7, 11) is 0. The first kappa shape index (κ1) is 13.5. The maximum Gasteiger partial charge on any atom is 0.126 e. The molecular formula is C16H17N5. The first-order valence-corrected chi connectivity index (χ1v) is 6.79. The summed E-state index contributed by atoms with van der Waals surface area (Å²) in [4.78, 5) is 8.77. The van der Waals surface area contributed by atoms with Gasteiger partial charge in [0, 0.05) is 11.6 Å². The van der Waals surface area contributed by atoms with Gasteiger partial charge in [0.2, 0.25) is 0 Å². The number of benzene rings is 1. The minimum absolute atomic E-state index is 0.110. The number of anilines is 1. The maximum atomic E-state index is 5.89. The number of aromatic nitrogens is 2. The van der Waals surface area contributed by atoms with Gasteiger partial charge in [0.25, 0.3) is 0 Å². The number of hydrazine groups is 1. The molecule has 3 rings (SSSR count). The van der Waals surface area contributed by atoms with Crippen molar-refractivity contribution in [3.63, 3.8) is 0 Å². The fourth-order valence-electron chi connectivity index (χ4n) is 2.37. The Bertz CT molecular complexity index is 756. The Morgan fingerprint density at radius 1 is 1.05 bits per heavy atom. The summed E-state index contributed by atoms with van der Waals surface area (Å²) < 4.78 is 0. The fraction of sp³-hybridized carbons (Fsp3) is 0.125. The Hall–Kier alpha value is -2.50. The van der Waals surface area contributed by atoms with Gasteiger partial charge in [-0.1, -0.05) is 30.3 Å². The number of nitrogens with two attached hydrogens (primary N) is 2. The van der Waals surface area contributed by atoms with Gasteiger partial charge in [0.05, 0.1) is 17.3 Å². The molecule has 0 aliphatic rings. The molecule has 1 unspecified atom stereocenters. The highest BCUT2D eigenvalue weighted by atomic mass is 15.2. The van der Waals surface area contributed by atoms with E-state index in [1.165, 1.54) is 0 Å². The van der Waals surface area contributed by atoms with Crippen LogP contribution in [0.5, 0.6) is 0 Å². The second kappa shape index (κ2) is 5.87. The predicted octanol–water partition coefficient (Wildman–Crippen LogP) is 1.96. The standard InChI is InChI=1S/C16H17N5/c17-16-12(5-3-9-19-16)10-15(21-18)14-8-7-11-4-1-2-6-13(11)20-14/h1-9,15,21H,10,18H2,(H2,17,19). The van der Waals surface area contributed by atoms with E-state index in [1.54, 1.807) is 6.20 Å². The van der Waals surface area contributed by atoms with Crippen LogP contribution >= 0.6 is 0 Å². The molecule has 3 aromatic rings. The highest BCUT2D eigenvalue weighted by Crippen LogP contribution is 2.21. The molecule has 0 aliphatic carbocycles. The summed E-state index contributed by atoms with van der Waals surface area (Å²) >= 11 is 0. The number of nitrogen functional groups attached to an aromatic ring is 1. The summed E-state index contributed by atoms with van der Waals surface area (Å²) in [5.74, 6) is 6.22. The smallest absolute Gasteiger partial charge is 0.126 e.